The molecule has 0 radical (unpaired) electrons. The maximum Gasteiger partial charge on any atom is 0.242 e. The van der Waals surface area contributed by atoms with E-state index in [1.807, 2.05) is 11.8 Å². The fraction of sp³-hybridized carbons (Fsp3) is 0.778. The second-order valence-electron chi connectivity index (χ2n) is 3.82. The van der Waals surface area contributed by atoms with Gasteiger partial charge >= 0.3 is 0 Å². The van der Waals surface area contributed by atoms with E-state index in [1.165, 1.54) is 6.42 Å². The third-order valence-electron chi connectivity index (χ3n) is 2.49. The van der Waals surface area contributed by atoms with E-state index in [2.05, 4.69) is 17.1 Å². The fourth-order valence-electron chi connectivity index (χ4n) is 1.57. The summed E-state index contributed by atoms with van der Waals surface area (Å²) >= 11 is 1.84. The maximum atomic E-state index is 9.27. The topological polar surface area (TPSA) is 59.2 Å². The Balaban J connectivity index is 2.23. The largest absolute Gasteiger partial charge is 0.385 e. The minimum Gasteiger partial charge on any atom is -0.385 e. The zero-order chi connectivity index (χ0) is 10.2. The van der Waals surface area contributed by atoms with Crippen LogP contribution in [0.1, 0.15) is 44.5 Å². The van der Waals surface area contributed by atoms with Crippen molar-refractivity contribution >= 4 is 11.8 Å². The molecule has 1 aromatic heterocycles. The van der Waals surface area contributed by atoms with Gasteiger partial charge in [0.15, 0.2) is 5.82 Å². The van der Waals surface area contributed by atoms with Gasteiger partial charge in [0, 0.05) is 0 Å². The molecule has 0 bridgehead atoms. The number of nitrogens with zero attached hydrogens (tertiary/aromatic N) is 2. The molecule has 2 atom stereocenters. The Bertz CT molecular complexity index is 318. The minimum atomic E-state index is -0.650. The molecule has 1 N–H and O–H groups in total. The molecule has 0 amide bonds. The van der Waals surface area contributed by atoms with Crippen LogP contribution in [-0.2, 0) is 4.75 Å². The minimum absolute atomic E-state index is 0.0415. The molecule has 14 heavy (non-hydrogen) atoms. The summed E-state index contributed by atoms with van der Waals surface area (Å²) in [6.07, 6.45) is 1.61. The lowest BCUT2D eigenvalue weighted by molar-refractivity contribution is 0.184. The number of hydrogen-bond donors (Lipinski definition) is 1. The van der Waals surface area contributed by atoms with Crippen LogP contribution < -0.4 is 0 Å². The van der Waals surface area contributed by atoms with Crippen molar-refractivity contribution in [2.75, 3.05) is 5.75 Å². The van der Waals surface area contributed by atoms with E-state index in [-0.39, 0.29) is 4.75 Å². The van der Waals surface area contributed by atoms with E-state index in [4.69, 9.17) is 4.52 Å². The first kappa shape index (κ1) is 9.98. The number of aromatic nitrogens is 2. The number of hydrogen-bond acceptors (Lipinski definition) is 5. The normalized spacial score (nSPS) is 29.4. The molecule has 0 spiro atoms. The van der Waals surface area contributed by atoms with Crippen LogP contribution in [0.15, 0.2) is 4.52 Å². The second-order valence-corrected chi connectivity index (χ2v) is 5.41. The Labute approximate surface area is 87.1 Å². The molecule has 4 nitrogen and oxygen atoms in total. The Hall–Kier alpha value is -0.550. The van der Waals surface area contributed by atoms with Crippen molar-refractivity contribution in [3.63, 3.8) is 0 Å². The summed E-state index contributed by atoms with van der Waals surface area (Å²) in [5.41, 5.74) is 0. The zero-order valence-electron chi connectivity index (χ0n) is 8.36. The maximum absolute atomic E-state index is 9.27. The highest BCUT2D eigenvalue weighted by atomic mass is 32.2. The highest BCUT2D eigenvalue weighted by Crippen LogP contribution is 2.45. The number of aliphatic hydroxyl groups excluding tert-OH is 1. The molecule has 1 aliphatic rings. The lowest BCUT2D eigenvalue weighted by Gasteiger charge is -2.16. The monoisotopic (exact) mass is 214 g/mol. The average Bonchev–Trinajstić information content (AvgIpc) is 2.71. The van der Waals surface area contributed by atoms with Gasteiger partial charge in [-0.15, -0.1) is 11.8 Å². The summed E-state index contributed by atoms with van der Waals surface area (Å²) in [6, 6.07) is 0. The molecule has 1 saturated heterocycles. The molecule has 2 unspecified atom stereocenters. The van der Waals surface area contributed by atoms with Crippen molar-refractivity contribution in [2.45, 2.75) is 37.5 Å². The molecular formula is C9H14N2O2S. The number of thioether (sulfide) groups is 1. The first-order valence-electron chi connectivity index (χ1n) is 4.78. The zero-order valence-corrected chi connectivity index (χ0v) is 9.17. The lowest BCUT2D eigenvalue weighted by atomic mass is 10.1. The van der Waals surface area contributed by atoms with Crippen LogP contribution in [0.25, 0.3) is 0 Å². The van der Waals surface area contributed by atoms with Crippen LogP contribution in [0.4, 0.5) is 0 Å². The Morgan fingerprint density at radius 3 is 2.93 bits per heavy atom. The van der Waals surface area contributed by atoms with Gasteiger partial charge in [0.05, 0.1) is 4.75 Å². The first-order valence-corrected chi connectivity index (χ1v) is 5.76. The predicted octanol–water partition coefficient (Wildman–Crippen LogP) is 1.87. The van der Waals surface area contributed by atoms with Gasteiger partial charge in [-0.2, -0.15) is 4.98 Å². The molecule has 2 rings (SSSR count). The van der Waals surface area contributed by atoms with E-state index >= 15 is 0 Å². The van der Waals surface area contributed by atoms with Crippen LogP contribution in [-0.4, -0.2) is 21.0 Å². The summed E-state index contributed by atoms with van der Waals surface area (Å²) in [7, 11) is 0. The van der Waals surface area contributed by atoms with E-state index in [1.54, 1.807) is 6.92 Å². The fourth-order valence-corrected chi connectivity index (χ4v) is 2.80. The Morgan fingerprint density at radius 2 is 2.43 bits per heavy atom. The van der Waals surface area contributed by atoms with Gasteiger partial charge in [0.25, 0.3) is 0 Å². The number of rotatable bonds is 2. The molecule has 1 aliphatic heterocycles. The van der Waals surface area contributed by atoms with E-state index < -0.39 is 6.10 Å². The highest BCUT2D eigenvalue weighted by Gasteiger charge is 2.37. The lowest BCUT2D eigenvalue weighted by Crippen LogP contribution is -2.13. The third-order valence-corrected chi connectivity index (χ3v) is 4.00. The SMILES string of the molecule is CC(O)c1noc(C2(C)CCCS2)n1. The van der Waals surface area contributed by atoms with Crippen molar-refractivity contribution in [1.82, 2.24) is 10.1 Å². The molecule has 0 aliphatic carbocycles. The summed E-state index contributed by atoms with van der Waals surface area (Å²) in [5.74, 6) is 2.17. The van der Waals surface area contributed by atoms with Gasteiger partial charge < -0.3 is 9.63 Å². The first-order chi connectivity index (χ1) is 6.62. The molecule has 1 fully saturated rings. The summed E-state index contributed by atoms with van der Waals surface area (Å²) in [5, 5.41) is 13.0. The van der Waals surface area contributed by atoms with Crippen LogP contribution in [0, 0.1) is 0 Å². The predicted molar refractivity (Wildman–Crippen MR) is 54.0 cm³/mol. The van der Waals surface area contributed by atoms with Crippen molar-refractivity contribution in [3.05, 3.63) is 11.7 Å². The third kappa shape index (κ3) is 1.66. The number of aliphatic hydroxyl groups is 1. The molecule has 2 heterocycles. The average molecular weight is 214 g/mol. The van der Waals surface area contributed by atoms with Gasteiger partial charge in [-0.25, -0.2) is 0 Å². The molecule has 5 heteroatoms. The molecule has 78 valence electrons. The second kappa shape index (κ2) is 3.55. The van der Waals surface area contributed by atoms with Crippen LogP contribution in [0.3, 0.4) is 0 Å². The molecule has 1 aromatic rings. The van der Waals surface area contributed by atoms with E-state index in [0.717, 1.165) is 12.2 Å². The van der Waals surface area contributed by atoms with Gasteiger partial charge in [-0.1, -0.05) is 5.16 Å². The van der Waals surface area contributed by atoms with E-state index in [0.29, 0.717) is 11.7 Å². The smallest absolute Gasteiger partial charge is 0.242 e. The van der Waals surface area contributed by atoms with Crippen LogP contribution >= 0.6 is 11.8 Å². The Morgan fingerprint density at radius 1 is 1.64 bits per heavy atom. The van der Waals surface area contributed by atoms with Crippen molar-refractivity contribution < 1.29 is 9.63 Å². The summed E-state index contributed by atoms with van der Waals surface area (Å²) < 4.78 is 5.13. The van der Waals surface area contributed by atoms with Crippen molar-refractivity contribution in [3.8, 4) is 0 Å². The van der Waals surface area contributed by atoms with Gasteiger partial charge in [0.2, 0.25) is 5.89 Å². The van der Waals surface area contributed by atoms with Gasteiger partial charge in [-0.3, -0.25) is 0 Å². The van der Waals surface area contributed by atoms with Crippen LogP contribution in [0.2, 0.25) is 0 Å². The van der Waals surface area contributed by atoms with Crippen molar-refractivity contribution in [2.24, 2.45) is 0 Å². The standard InChI is InChI=1S/C9H14N2O2S/c1-6(12)7-10-8(13-11-7)9(2)4-3-5-14-9/h6,12H,3-5H2,1-2H3. The van der Waals surface area contributed by atoms with Crippen molar-refractivity contribution in [1.29, 1.82) is 0 Å². The van der Waals surface area contributed by atoms with Gasteiger partial charge in [0.1, 0.15) is 6.10 Å². The summed E-state index contributed by atoms with van der Waals surface area (Å²) in [6.45, 7) is 3.75. The molecule has 0 aromatic carbocycles. The van der Waals surface area contributed by atoms with E-state index in [9.17, 15) is 5.11 Å². The Kier molecular flexibility index (Phi) is 2.53. The summed E-state index contributed by atoms with van der Waals surface area (Å²) in [4.78, 5) is 4.21. The quantitative estimate of drug-likeness (QED) is 0.814. The highest BCUT2D eigenvalue weighted by molar-refractivity contribution is 8.00. The molecule has 0 saturated carbocycles. The molecular weight excluding hydrogens is 200 g/mol. The van der Waals surface area contributed by atoms with Crippen LogP contribution in [0.5, 0.6) is 0 Å². The van der Waals surface area contributed by atoms with Gasteiger partial charge in [-0.05, 0) is 32.4 Å².